The first-order valence-electron chi connectivity index (χ1n) is 4.11. The Balaban J connectivity index is 2.51. The van der Waals surface area contributed by atoms with E-state index in [1.54, 1.807) is 0 Å². The Morgan fingerprint density at radius 3 is 2.83 bits per heavy atom. The molecule has 1 fully saturated rings. The van der Waals surface area contributed by atoms with E-state index < -0.39 is 14.7 Å². The summed E-state index contributed by atoms with van der Waals surface area (Å²) in [7, 11) is -2.44. The van der Waals surface area contributed by atoms with Crippen LogP contribution in [0.1, 0.15) is 12.8 Å². The maximum atomic E-state index is 9.38. The van der Waals surface area contributed by atoms with Crippen molar-refractivity contribution < 1.29 is 9.53 Å². The average molecular weight is 188 g/mol. The Morgan fingerprint density at radius 2 is 2.33 bits per heavy atom. The van der Waals surface area contributed by atoms with Gasteiger partial charge in [-0.2, -0.15) is 0 Å². The summed E-state index contributed by atoms with van der Waals surface area (Å²) in [5.41, 5.74) is 0. The highest BCUT2D eigenvalue weighted by atomic mass is 28.4. The van der Waals surface area contributed by atoms with Gasteiger partial charge in [0.2, 0.25) is 0 Å². The van der Waals surface area contributed by atoms with Gasteiger partial charge in [-0.05, 0) is 18.9 Å². The summed E-state index contributed by atoms with van der Waals surface area (Å²) in [5, 5.41) is 20.8. The first-order chi connectivity index (χ1) is 5.55. The molecule has 0 aromatic rings. The molecule has 1 aliphatic heterocycles. The third kappa shape index (κ3) is 2.39. The van der Waals surface area contributed by atoms with E-state index >= 15 is 0 Å². The lowest BCUT2D eigenvalue weighted by molar-refractivity contribution is 0.0425. The molecule has 1 saturated heterocycles. The van der Waals surface area contributed by atoms with Crippen molar-refractivity contribution in [2.45, 2.75) is 31.1 Å². The van der Waals surface area contributed by atoms with Crippen LogP contribution in [0.25, 0.3) is 0 Å². The van der Waals surface area contributed by atoms with Gasteiger partial charge in [0.15, 0.2) is 0 Å². The zero-order valence-electron chi connectivity index (χ0n) is 7.07. The van der Waals surface area contributed by atoms with Crippen LogP contribution in [0.15, 0.2) is 12.7 Å². The molecule has 2 atom stereocenters. The van der Waals surface area contributed by atoms with Crippen LogP contribution < -0.4 is 10.8 Å². The largest absolute Gasteiger partial charge is 0.386 e. The molecule has 1 rings (SSSR count). The van der Waals surface area contributed by atoms with Crippen LogP contribution in [0.4, 0.5) is 0 Å². The van der Waals surface area contributed by atoms with Gasteiger partial charge in [0.1, 0.15) is 0 Å². The van der Waals surface area contributed by atoms with Crippen LogP contribution in [0.3, 0.4) is 0 Å². The second-order valence-corrected chi connectivity index (χ2v) is 5.88. The predicted molar refractivity (Wildman–Crippen MR) is 49.2 cm³/mol. The molecule has 0 saturated carbocycles. The van der Waals surface area contributed by atoms with E-state index in [0.717, 1.165) is 18.9 Å². The minimum absolute atomic E-state index is 0.238. The smallest absolute Gasteiger partial charge is 0.346 e. The van der Waals surface area contributed by atoms with Crippen LogP contribution in [0.2, 0.25) is 6.04 Å². The second kappa shape index (κ2) is 3.67. The predicted octanol–water partition coefficient (Wildman–Crippen LogP) is -0.431. The van der Waals surface area contributed by atoms with Gasteiger partial charge in [0, 0.05) is 0 Å². The second-order valence-electron chi connectivity index (χ2n) is 3.23. The molecule has 0 bridgehead atoms. The van der Waals surface area contributed by atoms with Gasteiger partial charge in [-0.3, -0.25) is 0 Å². The molecule has 2 unspecified atom stereocenters. The first kappa shape index (κ1) is 9.88. The number of aliphatic hydroxyl groups is 1. The molecule has 0 radical (unpaired) electrons. The van der Waals surface area contributed by atoms with Crippen LogP contribution in [-0.2, 0) is 4.43 Å². The molecule has 1 heterocycles. The number of rotatable bonds is 2. The third-order valence-corrected chi connectivity index (χ3v) is 3.93. The Hall–Kier alpha value is -0.203. The van der Waals surface area contributed by atoms with Gasteiger partial charge in [-0.15, -0.1) is 6.58 Å². The van der Waals surface area contributed by atoms with E-state index in [1.165, 1.54) is 6.08 Å². The molecule has 12 heavy (non-hydrogen) atoms. The van der Waals surface area contributed by atoms with E-state index in [2.05, 4.69) is 6.58 Å². The SMILES string of the molecule is C=CC(O)C1CCC[Si](N)(N)O1. The first-order valence-corrected chi connectivity index (χ1v) is 6.38. The molecule has 5 N–H and O–H groups in total. The molecular weight excluding hydrogens is 172 g/mol. The van der Waals surface area contributed by atoms with E-state index in [0.29, 0.717) is 0 Å². The molecule has 1 aliphatic rings. The fourth-order valence-electron chi connectivity index (χ4n) is 1.37. The fourth-order valence-corrected chi connectivity index (χ4v) is 3.07. The zero-order chi connectivity index (χ0) is 9.19. The molecule has 0 aliphatic carbocycles. The highest BCUT2D eigenvalue weighted by Gasteiger charge is 2.35. The van der Waals surface area contributed by atoms with Gasteiger partial charge >= 0.3 is 8.64 Å². The molecular formula is C7H16N2O2Si. The van der Waals surface area contributed by atoms with Gasteiger partial charge in [0.05, 0.1) is 12.2 Å². The molecule has 5 heteroatoms. The maximum absolute atomic E-state index is 9.38. The number of hydrogen-bond donors (Lipinski definition) is 3. The quantitative estimate of drug-likeness (QED) is 0.406. The summed E-state index contributed by atoms with van der Waals surface area (Å²) in [4.78, 5) is 0. The summed E-state index contributed by atoms with van der Waals surface area (Å²) < 4.78 is 5.40. The summed E-state index contributed by atoms with van der Waals surface area (Å²) >= 11 is 0. The van der Waals surface area contributed by atoms with Gasteiger partial charge in [-0.25, -0.2) is 0 Å². The molecule has 0 spiro atoms. The van der Waals surface area contributed by atoms with Crippen molar-refractivity contribution in [3.05, 3.63) is 12.7 Å². The molecule has 0 amide bonds. The van der Waals surface area contributed by atoms with Crippen LogP contribution >= 0.6 is 0 Å². The third-order valence-electron chi connectivity index (χ3n) is 2.05. The van der Waals surface area contributed by atoms with E-state index in [1.807, 2.05) is 0 Å². The lowest BCUT2D eigenvalue weighted by atomic mass is 10.1. The van der Waals surface area contributed by atoms with Crippen molar-refractivity contribution in [3.63, 3.8) is 0 Å². The summed E-state index contributed by atoms with van der Waals surface area (Å²) in [6.45, 7) is 3.49. The minimum atomic E-state index is -2.44. The summed E-state index contributed by atoms with van der Waals surface area (Å²) in [5.74, 6) is 0. The van der Waals surface area contributed by atoms with E-state index in [4.69, 9.17) is 15.2 Å². The van der Waals surface area contributed by atoms with Crippen molar-refractivity contribution >= 4 is 8.64 Å². The molecule has 70 valence electrons. The van der Waals surface area contributed by atoms with Crippen molar-refractivity contribution in [2.24, 2.45) is 10.8 Å². The summed E-state index contributed by atoms with van der Waals surface area (Å²) in [6, 6.07) is 0.771. The van der Waals surface area contributed by atoms with Gasteiger partial charge in [0.25, 0.3) is 0 Å². The van der Waals surface area contributed by atoms with Crippen LogP contribution in [0, 0.1) is 0 Å². The van der Waals surface area contributed by atoms with Crippen molar-refractivity contribution in [3.8, 4) is 0 Å². The standard InChI is InChI=1S/C7H16N2O2Si/c1-2-6(10)7-4-3-5-12(8,9)11-7/h2,6-7,10H,1,3-5,8-9H2. The zero-order valence-corrected chi connectivity index (χ0v) is 8.07. The average Bonchev–Trinajstić information content (AvgIpc) is 2.01. The van der Waals surface area contributed by atoms with Crippen molar-refractivity contribution in [1.82, 2.24) is 0 Å². The Bertz CT molecular complexity index is 175. The Kier molecular flexibility index (Phi) is 3.02. The highest BCUT2D eigenvalue weighted by molar-refractivity contribution is 6.67. The van der Waals surface area contributed by atoms with Crippen molar-refractivity contribution in [2.75, 3.05) is 0 Å². The number of aliphatic hydroxyl groups excluding tert-OH is 1. The monoisotopic (exact) mass is 188 g/mol. The van der Waals surface area contributed by atoms with Gasteiger partial charge < -0.3 is 20.3 Å². The van der Waals surface area contributed by atoms with Crippen LogP contribution in [-0.4, -0.2) is 26.0 Å². The Labute approximate surface area is 73.5 Å². The van der Waals surface area contributed by atoms with E-state index in [9.17, 15) is 5.11 Å². The van der Waals surface area contributed by atoms with Crippen molar-refractivity contribution in [1.29, 1.82) is 0 Å². The highest BCUT2D eigenvalue weighted by Crippen LogP contribution is 2.21. The fraction of sp³-hybridized carbons (Fsp3) is 0.714. The van der Waals surface area contributed by atoms with Gasteiger partial charge in [-0.1, -0.05) is 6.08 Å². The molecule has 4 nitrogen and oxygen atoms in total. The maximum Gasteiger partial charge on any atom is 0.346 e. The lowest BCUT2D eigenvalue weighted by Crippen LogP contribution is -2.63. The van der Waals surface area contributed by atoms with Crippen LogP contribution in [0.5, 0.6) is 0 Å². The normalized spacial score (nSPS) is 31.1. The topological polar surface area (TPSA) is 81.5 Å². The molecule has 0 aromatic carbocycles. The lowest BCUT2D eigenvalue weighted by Gasteiger charge is -2.34. The molecule has 0 aromatic heterocycles. The Morgan fingerprint density at radius 1 is 1.67 bits per heavy atom. The number of nitrogens with two attached hydrogens (primary N) is 2. The summed E-state index contributed by atoms with van der Waals surface area (Å²) in [6.07, 6.45) is 2.34. The van der Waals surface area contributed by atoms with E-state index in [-0.39, 0.29) is 6.10 Å². The number of hydrogen-bond acceptors (Lipinski definition) is 4. The minimum Gasteiger partial charge on any atom is -0.386 e.